The Morgan fingerprint density at radius 1 is 0.800 bits per heavy atom. The minimum atomic E-state index is -0.715. The Bertz CT molecular complexity index is 844. The van der Waals surface area contributed by atoms with Crippen LogP contribution >= 0.6 is 0 Å². The smallest absolute Gasteiger partial charge is 0.457 e. The van der Waals surface area contributed by atoms with Gasteiger partial charge in [0, 0.05) is 11.1 Å². The van der Waals surface area contributed by atoms with Crippen molar-refractivity contribution in [3.63, 3.8) is 0 Å². The van der Waals surface area contributed by atoms with Gasteiger partial charge in [-0.25, -0.2) is 4.79 Å². The summed E-state index contributed by atoms with van der Waals surface area (Å²) in [5.74, 6) is 1.93. The number of para-hydroxylation sites is 3. The maximum Gasteiger partial charge on any atom is 0.513 e. The topological polar surface area (TPSA) is 44.8 Å². The lowest BCUT2D eigenvalue weighted by atomic mass is 9.89. The molecule has 0 aromatic heterocycles. The van der Waals surface area contributed by atoms with E-state index < -0.39 is 6.16 Å². The third-order valence-electron chi connectivity index (χ3n) is 4.12. The molecule has 0 saturated carbocycles. The van der Waals surface area contributed by atoms with E-state index in [-0.39, 0.29) is 12.5 Å². The van der Waals surface area contributed by atoms with Crippen molar-refractivity contribution in [1.82, 2.24) is 0 Å². The minimum Gasteiger partial charge on any atom is -0.457 e. The summed E-state index contributed by atoms with van der Waals surface area (Å²) in [6.45, 7) is 0.184. The minimum absolute atomic E-state index is 0.0931. The third-order valence-corrected chi connectivity index (χ3v) is 4.12. The van der Waals surface area contributed by atoms with E-state index >= 15 is 0 Å². The summed E-state index contributed by atoms with van der Waals surface area (Å²) in [7, 11) is 0. The lowest BCUT2D eigenvalue weighted by Gasteiger charge is -2.27. The fourth-order valence-corrected chi connectivity index (χ4v) is 2.95. The van der Waals surface area contributed by atoms with Crippen LogP contribution in [0.5, 0.6) is 17.2 Å². The van der Waals surface area contributed by atoms with Crippen LogP contribution in [0.15, 0.2) is 78.9 Å². The molecule has 0 amide bonds. The van der Waals surface area contributed by atoms with E-state index in [2.05, 4.69) is 0 Å². The second-order valence-electron chi connectivity index (χ2n) is 5.71. The monoisotopic (exact) mass is 332 g/mol. The Morgan fingerprint density at radius 3 is 2.00 bits per heavy atom. The van der Waals surface area contributed by atoms with Crippen LogP contribution in [-0.4, -0.2) is 12.8 Å². The molecule has 25 heavy (non-hydrogen) atoms. The summed E-state index contributed by atoms with van der Waals surface area (Å²) in [4.78, 5) is 12.0. The van der Waals surface area contributed by atoms with E-state index in [0.29, 0.717) is 5.75 Å². The highest BCUT2D eigenvalue weighted by Crippen LogP contribution is 2.43. The summed E-state index contributed by atoms with van der Waals surface area (Å²) in [5, 5.41) is 0. The van der Waals surface area contributed by atoms with E-state index in [1.54, 1.807) is 24.3 Å². The molecule has 0 atom stereocenters. The zero-order chi connectivity index (χ0) is 17.1. The van der Waals surface area contributed by atoms with Crippen LogP contribution in [0.3, 0.4) is 0 Å². The van der Waals surface area contributed by atoms with Crippen LogP contribution in [0.25, 0.3) is 0 Å². The van der Waals surface area contributed by atoms with Crippen LogP contribution in [0, 0.1) is 0 Å². The van der Waals surface area contributed by atoms with E-state index in [1.807, 2.05) is 54.6 Å². The Kier molecular flexibility index (Phi) is 4.09. The van der Waals surface area contributed by atoms with Gasteiger partial charge in [0.2, 0.25) is 0 Å². The number of hydrogen-bond donors (Lipinski definition) is 0. The molecule has 4 heteroatoms. The standard InChI is InChI=1S/C21H16O4/c22-21(24-15-8-2-1-3-9-15)23-14-18-16-10-4-6-12-19(16)25-20-13-7-5-11-17(18)20/h1-13,18H,14H2. The molecule has 0 bridgehead atoms. The first-order chi connectivity index (χ1) is 12.3. The molecule has 0 saturated heterocycles. The van der Waals surface area contributed by atoms with Gasteiger partial charge in [-0.3, -0.25) is 0 Å². The molecule has 3 aromatic rings. The second-order valence-corrected chi connectivity index (χ2v) is 5.71. The van der Waals surface area contributed by atoms with Crippen LogP contribution in [0.4, 0.5) is 4.79 Å². The van der Waals surface area contributed by atoms with Gasteiger partial charge in [-0.05, 0) is 24.3 Å². The van der Waals surface area contributed by atoms with Gasteiger partial charge < -0.3 is 14.2 Å². The molecule has 3 aromatic carbocycles. The van der Waals surface area contributed by atoms with Crippen LogP contribution in [0.1, 0.15) is 17.0 Å². The average Bonchev–Trinajstić information content (AvgIpc) is 2.66. The normalized spacial score (nSPS) is 12.5. The molecular formula is C21H16O4. The highest BCUT2D eigenvalue weighted by molar-refractivity contribution is 5.64. The van der Waals surface area contributed by atoms with Crippen molar-refractivity contribution in [2.75, 3.05) is 6.61 Å². The molecule has 1 heterocycles. The zero-order valence-electron chi connectivity index (χ0n) is 13.4. The molecule has 4 nitrogen and oxygen atoms in total. The first-order valence-corrected chi connectivity index (χ1v) is 8.06. The summed E-state index contributed by atoms with van der Waals surface area (Å²) in [6.07, 6.45) is -0.715. The van der Waals surface area contributed by atoms with Crippen LogP contribution in [-0.2, 0) is 4.74 Å². The molecule has 0 radical (unpaired) electrons. The van der Waals surface area contributed by atoms with E-state index in [1.165, 1.54) is 0 Å². The van der Waals surface area contributed by atoms with Gasteiger partial charge in [0.1, 0.15) is 23.9 Å². The fourth-order valence-electron chi connectivity index (χ4n) is 2.95. The van der Waals surface area contributed by atoms with Gasteiger partial charge in [0.25, 0.3) is 0 Å². The maximum atomic E-state index is 12.0. The van der Waals surface area contributed by atoms with Crippen molar-refractivity contribution in [1.29, 1.82) is 0 Å². The van der Waals surface area contributed by atoms with Gasteiger partial charge >= 0.3 is 6.16 Å². The first-order valence-electron chi connectivity index (χ1n) is 8.06. The lowest BCUT2D eigenvalue weighted by molar-refractivity contribution is 0.0953. The van der Waals surface area contributed by atoms with Gasteiger partial charge in [0.05, 0.1) is 5.92 Å². The number of hydrogen-bond acceptors (Lipinski definition) is 4. The van der Waals surface area contributed by atoms with Gasteiger partial charge in [0.15, 0.2) is 0 Å². The quantitative estimate of drug-likeness (QED) is 0.492. The van der Waals surface area contributed by atoms with Crippen LogP contribution < -0.4 is 9.47 Å². The zero-order valence-corrected chi connectivity index (χ0v) is 13.4. The molecular weight excluding hydrogens is 316 g/mol. The summed E-state index contributed by atoms with van der Waals surface area (Å²) >= 11 is 0. The van der Waals surface area contributed by atoms with Gasteiger partial charge in [-0.1, -0.05) is 54.6 Å². The number of carbonyl (C=O) groups excluding carboxylic acids is 1. The Labute approximate surface area is 145 Å². The van der Waals surface area contributed by atoms with E-state index in [9.17, 15) is 4.79 Å². The number of ether oxygens (including phenoxy) is 3. The number of fused-ring (bicyclic) bond motifs is 2. The van der Waals surface area contributed by atoms with Crippen molar-refractivity contribution in [3.8, 4) is 17.2 Å². The number of carbonyl (C=O) groups is 1. The predicted molar refractivity (Wildman–Crippen MR) is 93.2 cm³/mol. The van der Waals surface area contributed by atoms with Crippen molar-refractivity contribution in [2.45, 2.75) is 5.92 Å². The Hall–Kier alpha value is -3.27. The maximum absolute atomic E-state index is 12.0. The van der Waals surface area contributed by atoms with E-state index in [0.717, 1.165) is 22.6 Å². The molecule has 0 N–H and O–H groups in total. The second kappa shape index (κ2) is 6.69. The fraction of sp³-hybridized carbons (Fsp3) is 0.0952. The highest BCUT2D eigenvalue weighted by Gasteiger charge is 2.28. The largest absolute Gasteiger partial charge is 0.513 e. The Balaban J connectivity index is 1.53. The van der Waals surface area contributed by atoms with E-state index in [4.69, 9.17) is 14.2 Å². The van der Waals surface area contributed by atoms with Crippen molar-refractivity contribution in [3.05, 3.63) is 90.0 Å². The summed E-state index contributed by atoms with van der Waals surface area (Å²) in [6, 6.07) is 24.4. The molecule has 0 aliphatic carbocycles. The first kappa shape index (κ1) is 15.3. The van der Waals surface area contributed by atoms with Crippen molar-refractivity contribution >= 4 is 6.16 Å². The van der Waals surface area contributed by atoms with Crippen LogP contribution in [0.2, 0.25) is 0 Å². The molecule has 0 unspecified atom stereocenters. The third kappa shape index (κ3) is 3.19. The molecule has 1 aliphatic heterocycles. The molecule has 4 rings (SSSR count). The Morgan fingerprint density at radius 2 is 1.36 bits per heavy atom. The van der Waals surface area contributed by atoms with Gasteiger partial charge in [-0.2, -0.15) is 0 Å². The molecule has 1 aliphatic rings. The molecule has 0 fully saturated rings. The summed E-state index contributed by atoms with van der Waals surface area (Å²) in [5.41, 5.74) is 1.99. The number of benzene rings is 3. The highest BCUT2D eigenvalue weighted by atomic mass is 16.7. The summed E-state index contributed by atoms with van der Waals surface area (Å²) < 4.78 is 16.5. The van der Waals surface area contributed by atoms with Crippen molar-refractivity contribution < 1.29 is 19.0 Å². The molecule has 0 spiro atoms. The number of rotatable bonds is 3. The van der Waals surface area contributed by atoms with Crippen molar-refractivity contribution in [2.24, 2.45) is 0 Å². The van der Waals surface area contributed by atoms with Gasteiger partial charge in [-0.15, -0.1) is 0 Å². The lowest BCUT2D eigenvalue weighted by Crippen LogP contribution is -2.19. The average molecular weight is 332 g/mol. The molecule has 124 valence electrons. The predicted octanol–water partition coefficient (Wildman–Crippen LogP) is 5.14. The SMILES string of the molecule is O=C(OCC1c2ccccc2Oc2ccccc21)Oc1ccccc1.